The Labute approximate surface area is 342 Å². The normalized spacial score (nSPS) is 12.2. The van der Waals surface area contributed by atoms with Crippen LogP contribution in [0.4, 0.5) is 13.2 Å². The minimum atomic E-state index is -4.39. The third-order valence-electron chi connectivity index (χ3n) is 12.3. The Balaban J connectivity index is 0.930. The molecule has 60 heavy (non-hydrogen) atoms. The fourth-order valence-corrected chi connectivity index (χ4v) is 9.55. The molecule has 0 saturated heterocycles. The molecule has 0 amide bonds. The maximum Gasteiger partial charge on any atom is 0.416 e. The number of hydrogen-bond acceptors (Lipinski definition) is 0. The number of nitrogens with zero attached hydrogens (tertiary/aromatic N) is 2. The Morgan fingerprint density at radius 1 is 0.267 bits per heavy atom. The van der Waals surface area contributed by atoms with Crippen LogP contribution < -0.4 is 0 Å². The summed E-state index contributed by atoms with van der Waals surface area (Å²) in [4.78, 5) is 0. The fraction of sp³-hybridized carbons (Fsp3) is 0.0182. The molecule has 0 aliphatic heterocycles. The Kier molecular flexibility index (Phi) is 7.42. The van der Waals surface area contributed by atoms with Crippen molar-refractivity contribution in [2.24, 2.45) is 0 Å². The van der Waals surface area contributed by atoms with E-state index in [1.54, 1.807) is 12.1 Å². The maximum atomic E-state index is 13.4. The summed E-state index contributed by atoms with van der Waals surface area (Å²) in [5, 5.41) is 12.0. The second kappa shape index (κ2) is 12.9. The van der Waals surface area contributed by atoms with E-state index in [1.165, 1.54) is 48.6 Å². The van der Waals surface area contributed by atoms with E-state index >= 15 is 0 Å². The molecule has 12 rings (SSSR count). The second-order valence-electron chi connectivity index (χ2n) is 15.6. The lowest BCUT2D eigenvalue weighted by Gasteiger charge is -2.14. The van der Waals surface area contributed by atoms with Crippen molar-refractivity contribution in [1.82, 2.24) is 9.13 Å². The molecule has 0 unspecified atom stereocenters. The molecule has 0 N–H and O–H groups in total. The fourth-order valence-electron chi connectivity index (χ4n) is 9.55. The molecular weight excluding hydrogens is 746 g/mol. The Hall–Kier alpha value is -7.63. The number of aromatic nitrogens is 2. The van der Waals surface area contributed by atoms with Gasteiger partial charge in [0, 0.05) is 32.9 Å². The van der Waals surface area contributed by atoms with E-state index in [2.05, 4.69) is 162 Å². The van der Waals surface area contributed by atoms with Gasteiger partial charge in [-0.1, -0.05) is 127 Å². The lowest BCUT2D eigenvalue weighted by Crippen LogP contribution is -2.05. The highest BCUT2D eigenvalue weighted by Gasteiger charge is 2.30. The molecule has 0 spiro atoms. The monoisotopic (exact) mass is 778 g/mol. The molecular formula is C55H33F3N2. The first kappa shape index (κ1) is 34.4. The van der Waals surface area contributed by atoms with Crippen molar-refractivity contribution in [1.29, 1.82) is 0 Å². The number of benzene rings is 10. The zero-order valence-corrected chi connectivity index (χ0v) is 32.1. The van der Waals surface area contributed by atoms with Crippen molar-refractivity contribution in [3.05, 3.63) is 206 Å². The van der Waals surface area contributed by atoms with Crippen molar-refractivity contribution < 1.29 is 13.2 Å². The number of para-hydroxylation sites is 2. The molecule has 0 aliphatic carbocycles. The van der Waals surface area contributed by atoms with Gasteiger partial charge in [-0.25, -0.2) is 0 Å². The number of fused-ring (bicyclic) bond motifs is 12. The standard InChI is InChI=1S/C55H33F3N2/c56-55(57,58)38-23-25-39(26-24-38)59-51-15-7-5-13-46(51)49-31-36(21-29-53(49)59)34-17-19-35(20-18-34)37-22-30-54-50(32-37)47-14-6-8-16-52(47)60(54)40-27-28-45-43-11-2-1-9-41(43)42-10-3-4-12-44(42)48(45)33-40/h1-33H. The molecule has 2 nitrogen and oxygen atoms in total. The van der Waals surface area contributed by atoms with E-state index in [1.807, 2.05) is 22.8 Å². The van der Waals surface area contributed by atoms with Gasteiger partial charge in [0.1, 0.15) is 0 Å². The maximum absolute atomic E-state index is 13.4. The van der Waals surface area contributed by atoms with Crippen LogP contribution in [0.3, 0.4) is 0 Å². The highest BCUT2D eigenvalue weighted by molar-refractivity contribution is 6.25. The van der Waals surface area contributed by atoms with Crippen LogP contribution in [-0.4, -0.2) is 9.13 Å². The Morgan fingerprint density at radius 2 is 0.633 bits per heavy atom. The topological polar surface area (TPSA) is 9.86 Å². The Bertz CT molecular complexity index is 3650. The zero-order valence-electron chi connectivity index (χ0n) is 32.1. The van der Waals surface area contributed by atoms with Crippen molar-refractivity contribution >= 4 is 75.9 Å². The SMILES string of the molecule is FC(F)(F)c1ccc(-n2c3ccccc3c3cc(-c4ccc(-c5ccc6c(c5)c5ccccc5n6-c5ccc6c7ccccc7c7ccccc7c6c5)cc4)ccc32)cc1. The molecule has 10 aromatic carbocycles. The van der Waals surface area contributed by atoms with E-state index in [4.69, 9.17) is 0 Å². The van der Waals surface area contributed by atoms with Gasteiger partial charge in [-0.3, -0.25) is 0 Å². The smallest absolute Gasteiger partial charge is 0.309 e. The molecule has 284 valence electrons. The summed E-state index contributed by atoms with van der Waals surface area (Å²) in [6, 6.07) is 68.2. The molecule has 12 aromatic rings. The molecule has 0 aliphatic rings. The summed E-state index contributed by atoms with van der Waals surface area (Å²) in [6.45, 7) is 0. The van der Waals surface area contributed by atoms with E-state index in [-0.39, 0.29) is 0 Å². The quantitative estimate of drug-likeness (QED) is 0.158. The molecule has 0 bridgehead atoms. The minimum Gasteiger partial charge on any atom is -0.309 e. The number of hydrogen-bond donors (Lipinski definition) is 0. The lowest BCUT2D eigenvalue weighted by molar-refractivity contribution is -0.137. The third kappa shape index (κ3) is 5.22. The van der Waals surface area contributed by atoms with Gasteiger partial charge >= 0.3 is 6.18 Å². The van der Waals surface area contributed by atoms with Gasteiger partial charge in [0.05, 0.1) is 27.6 Å². The summed E-state index contributed by atoms with van der Waals surface area (Å²) in [6.07, 6.45) is -4.39. The largest absolute Gasteiger partial charge is 0.416 e. The number of rotatable bonds is 4. The zero-order chi connectivity index (χ0) is 40.1. The van der Waals surface area contributed by atoms with Gasteiger partial charge in [0.15, 0.2) is 0 Å². The predicted molar refractivity (Wildman–Crippen MR) is 244 cm³/mol. The first-order valence-corrected chi connectivity index (χ1v) is 20.1. The number of alkyl halides is 3. The molecule has 0 radical (unpaired) electrons. The van der Waals surface area contributed by atoms with Gasteiger partial charge in [-0.05, 0) is 127 Å². The Morgan fingerprint density at radius 3 is 1.12 bits per heavy atom. The molecule has 0 fully saturated rings. The van der Waals surface area contributed by atoms with Crippen molar-refractivity contribution in [3.8, 4) is 33.6 Å². The highest BCUT2D eigenvalue weighted by atomic mass is 19.4. The summed E-state index contributed by atoms with van der Waals surface area (Å²) >= 11 is 0. The van der Waals surface area contributed by atoms with Crippen LogP contribution in [0.15, 0.2) is 200 Å². The first-order chi connectivity index (χ1) is 29.4. The molecule has 2 aromatic heterocycles. The van der Waals surface area contributed by atoms with Crippen LogP contribution >= 0.6 is 0 Å². The summed E-state index contributed by atoms with van der Waals surface area (Å²) in [7, 11) is 0. The first-order valence-electron chi connectivity index (χ1n) is 20.1. The van der Waals surface area contributed by atoms with Crippen LogP contribution in [0.1, 0.15) is 5.56 Å². The molecule has 0 atom stereocenters. The van der Waals surface area contributed by atoms with Gasteiger partial charge in [-0.15, -0.1) is 0 Å². The van der Waals surface area contributed by atoms with Crippen LogP contribution in [0, 0.1) is 0 Å². The number of halogens is 3. The highest BCUT2D eigenvalue weighted by Crippen LogP contribution is 2.41. The predicted octanol–water partition coefficient (Wildman–Crippen LogP) is 15.7. The van der Waals surface area contributed by atoms with E-state index < -0.39 is 11.7 Å². The van der Waals surface area contributed by atoms with Gasteiger partial charge in [-0.2, -0.15) is 13.2 Å². The summed E-state index contributed by atoms with van der Waals surface area (Å²) in [5.41, 5.74) is 9.78. The minimum absolute atomic E-state index is 0.659. The summed E-state index contributed by atoms with van der Waals surface area (Å²) < 4.78 is 44.6. The van der Waals surface area contributed by atoms with Crippen LogP contribution in [0.2, 0.25) is 0 Å². The second-order valence-corrected chi connectivity index (χ2v) is 15.6. The van der Waals surface area contributed by atoms with Gasteiger partial charge < -0.3 is 9.13 Å². The van der Waals surface area contributed by atoms with Gasteiger partial charge in [0.25, 0.3) is 0 Å². The van der Waals surface area contributed by atoms with Gasteiger partial charge in [0.2, 0.25) is 0 Å². The average Bonchev–Trinajstić information content (AvgIpc) is 3.81. The third-order valence-corrected chi connectivity index (χ3v) is 12.3. The van der Waals surface area contributed by atoms with Crippen LogP contribution in [0.25, 0.3) is 110 Å². The van der Waals surface area contributed by atoms with Crippen LogP contribution in [-0.2, 0) is 6.18 Å². The summed E-state index contributed by atoms with van der Waals surface area (Å²) in [5.74, 6) is 0. The lowest BCUT2D eigenvalue weighted by atomic mass is 9.94. The van der Waals surface area contributed by atoms with Crippen molar-refractivity contribution in [2.45, 2.75) is 6.18 Å². The van der Waals surface area contributed by atoms with E-state index in [0.717, 1.165) is 67.4 Å². The molecule has 0 saturated carbocycles. The van der Waals surface area contributed by atoms with Crippen molar-refractivity contribution in [3.63, 3.8) is 0 Å². The molecule has 5 heteroatoms. The van der Waals surface area contributed by atoms with E-state index in [0.29, 0.717) is 5.69 Å². The van der Waals surface area contributed by atoms with Crippen LogP contribution in [0.5, 0.6) is 0 Å². The molecule has 2 heterocycles. The van der Waals surface area contributed by atoms with Crippen molar-refractivity contribution in [2.75, 3.05) is 0 Å². The van der Waals surface area contributed by atoms with E-state index in [9.17, 15) is 13.2 Å². The average molecular weight is 779 g/mol.